The Morgan fingerprint density at radius 1 is 1.06 bits per heavy atom. The number of piperazine rings is 1. The molecule has 0 radical (unpaired) electrons. The first-order valence-corrected chi connectivity index (χ1v) is 11.2. The lowest BCUT2D eigenvalue weighted by Gasteiger charge is -2.36. The van der Waals surface area contributed by atoms with Crippen LogP contribution < -0.4 is 11.1 Å². The van der Waals surface area contributed by atoms with E-state index in [4.69, 9.17) is 5.73 Å². The van der Waals surface area contributed by atoms with Crippen LogP contribution in [0.2, 0.25) is 0 Å². The Labute approximate surface area is 195 Å². The lowest BCUT2D eigenvalue weighted by atomic mass is 10.1. The molecule has 3 amide bonds. The molecule has 1 fully saturated rings. The number of amides is 3. The average molecular weight is 452 g/mol. The largest absolute Gasteiger partial charge is 0.366 e. The van der Waals surface area contributed by atoms with E-state index in [1.165, 1.54) is 11.1 Å². The van der Waals surface area contributed by atoms with Crippen molar-refractivity contribution in [2.24, 2.45) is 5.73 Å². The normalized spacial score (nSPS) is 15.3. The minimum atomic E-state index is -0.518. The van der Waals surface area contributed by atoms with Crippen LogP contribution in [0.15, 0.2) is 48.5 Å². The lowest BCUT2D eigenvalue weighted by molar-refractivity contribution is -0.135. The second-order valence-corrected chi connectivity index (χ2v) is 8.67. The van der Waals surface area contributed by atoms with Gasteiger partial charge in [-0.1, -0.05) is 29.8 Å². The van der Waals surface area contributed by atoms with Gasteiger partial charge in [0, 0.05) is 44.0 Å². The van der Waals surface area contributed by atoms with Gasteiger partial charge in [-0.15, -0.1) is 0 Å². The van der Waals surface area contributed by atoms with Crippen molar-refractivity contribution in [3.05, 3.63) is 65.2 Å². The van der Waals surface area contributed by atoms with Gasteiger partial charge in [0.15, 0.2) is 0 Å². The van der Waals surface area contributed by atoms with Crippen molar-refractivity contribution in [1.29, 1.82) is 0 Å². The Bertz CT molecular complexity index is 984. The Balaban J connectivity index is 1.44. The molecule has 1 saturated heterocycles. The van der Waals surface area contributed by atoms with E-state index >= 15 is 0 Å². The Morgan fingerprint density at radius 2 is 1.73 bits per heavy atom. The maximum absolute atomic E-state index is 12.8. The topological polar surface area (TPSA) is 99.0 Å². The number of anilines is 1. The van der Waals surface area contributed by atoms with E-state index in [-0.39, 0.29) is 18.4 Å². The molecule has 8 nitrogen and oxygen atoms in total. The number of aryl methyl sites for hydroxylation is 1. The summed E-state index contributed by atoms with van der Waals surface area (Å²) < 4.78 is 0. The Morgan fingerprint density at radius 3 is 2.33 bits per heavy atom. The lowest BCUT2D eigenvalue weighted by Crippen LogP contribution is -2.52. The summed E-state index contributed by atoms with van der Waals surface area (Å²) in [6.07, 6.45) is 0. The predicted molar refractivity (Wildman–Crippen MR) is 129 cm³/mol. The van der Waals surface area contributed by atoms with E-state index in [1.54, 1.807) is 43.1 Å². The molecular weight excluding hydrogens is 418 g/mol. The molecule has 1 heterocycles. The van der Waals surface area contributed by atoms with Crippen LogP contribution in [0, 0.1) is 6.92 Å². The molecule has 0 unspecified atom stereocenters. The molecule has 0 spiro atoms. The minimum absolute atomic E-state index is 0.0261. The maximum atomic E-state index is 12.8. The molecule has 1 aliphatic rings. The third kappa shape index (κ3) is 6.87. The molecular formula is C25H33N5O3. The van der Waals surface area contributed by atoms with Crippen LogP contribution in [0.3, 0.4) is 0 Å². The van der Waals surface area contributed by atoms with Crippen molar-refractivity contribution >= 4 is 23.4 Å². The number of benzene rings is 2. The monoisotopic (exact) mass is 451 g/mol. The molecule has 33 heavy (non-hydrogen) atoms. The second-order valence-electron chi connectivity index (χ2n) is 8.67. The van der Waals surface area contributed by atoms with Gasteiger partial charge in [-0.2, -0.15) is 0 Å². The highest BCUT2D eigenvalue weighted by molar-refractivity contribution is 5.96. The Hall–Kier alpha value is -3.23. The molecule has 2 aromatic carbocycles. The molecule has 0 aliphatic carbocycles. The number of primary amides is 1. The van der Waals surface area contributed by atoms with Gasteiger partial charge >= 0.3 is 0 Å². The summed E-state index contributed by atoms with van der Waals surface area (Å²) in [6, 6.07) is 14.4. The molecule has 0 bridgehead atoms. The first kappa shape index (κ1) is 24.4. The molecule has 3 rings (SSSR count). The molecule has 176 valence electrons. The summed E-state index contributed by atoms with van der Waals surface area (Å²) in [4.78, 5) is 42.5. The number of likely N-dealkylation sites (N-methyl/N-ethyl adjacent to an activating group) is 1. The molecule has 3 N–H and O–H groups in total. The molecule has 0 aromatic heterocycles. The van der Waals surface area contributed by atoms with Gasteiger partial charge < -0.3 is 16.0 Å². The number of hydrogen-bond acceptors (Lipinski definition) is 5. The standard InChI is InChI=1S/C25H33N5O3/c1-18-5-4-6-20(15-18)16-29-11-13-30(14-12-29)23(31)17-28(3)19(2)25(33)27-22-9-7-21(8-10-22)24(26)32/h4-10,15,19H,11-14,16-17H2,1-3H3,(H2,26,32)(H,27,33)/t19-/m0/s1. The Kier molecular flexibility index (Phi) is 8.19. The number of nitrogens with two attached hydrogens (primary N) is 1. The smallest absolute Gasteiger partial charge is 0.248 e. The summed E-state index contributed by atoms with van der Waals surface area (Å²) >= 11 is 0. The van der Waals surface area contributed by atoms with Gasteiger partial charge in [0.1, 0.15) is 0 Å². The van der Waals surface area contributed by atoms with Crippen molar-refractivity contribution in [2.45, 2.75) is 26.4 Å². The van der Waals surface area contributed by atoms with Crippen LogP contribution in [0.25, 0.3) is 0 Å². The number of nitrogens with zero attached hydrogens (tertiary/aromatic N) is 3. The van der Waals surface area contributed by atoms with Gasteiger partial charge in [0.05, 0.1) is 12.6 Å². The zero-order valence-corrected chi connectivity index (χ0v) is 19.6. The number of carbonyl (C=O) groups excluding carboxylic acids is 3. The van der Waals surface area contributed by atoms with Crippen LogP contribution in [0.1, 0.15) is 28.4 Å². The fourth-order valence-electron chi connectivity index (χ4n) is 3.84. The molecule has 1 atom stereocenters. The van der Waals surface area contributed by atoms with Gasteiger partial charge in [-0.3, -0.25) is 24.2 Å². The van der Waals surface area contributed by atoms with Gasteiger partial charge in [-0.05, 0) is 50.7 Å². The van der Waals surface area contributed by atoms with E-state index in [9.17, 15) is 14.4 Å². The molecule has 1 aliphatic heterocycles. The van der Waals surface area contributed by atoms with Crippen molar-refractivity contribution in [3.63, 3.8) is 0 Å². The summed E-state index contributed by atoms with van der Waals surface area (Å²) in [5.74, 6) is -0.714. The van der Waals surface area contributed by atoms with Gasteiger partial charge in [-0.25, -0.2) is 0 Å². The number of rotatable bonds is 8. The average Bonchev–Trinajstić information content (AvgIpc) is 2.79. The number of carbonyl (C=O) groups is 3. The van der Waals surface area contributed by atoms with Crippen LogP contribution >= 0.6 is 0 Å². The van der Waals surface area contributed by atoms with Gasteiger partial charge in [0.25, 0.3) is 0 Å². The van der Waals surface area contributed by atoms with Crippen LogP contribution in [-0.2, 0) is 16.1 Å². The van der Waals surface area contributed by atoms with E-state index < -0.39 is 11.9 Å². The van der Waals surface area contributed by atoms with E-state index in [0.29, 0.717) is 24.3 Å². The summed E-state index contributed by atoms with van der Waals surface area (Å²) in [5, 5.41) is 2.81. The van der Waals surface area contributed by atoms with Crippen LogP contribution in [0.5, 0.6) is 0 Å². The summed E-state index contributed by atoms with van der Waals surface area (Å²) in [7, 11) is 1.77. The summed E-state index contributed by atoms with van der Waals surface area (Å²) in [6.45, 7) is 7.96. The van der Waals surface area contributed by atoms with Crippen molar-refractivity contribution in [2.75, 3.05) is 45.1 Å². The quantitative estimate of drug-likeness (QED) is 0.637. The van der Waals surface area contributed by atoms with Crippen molar-refractivity contribution < 1.29 is 14.4 Å². The van der Waals surface area contributed by atoms with Crippen LogP contribution in [-0.4, -0.2) is 78.2 Å². The SMILES string of the molecule is Cc1cccc(CN2CCN(C(=O)CN(C)[C@@H](C)C(=O)Nc3ccc(C(N)=O)cc3)CC2)c1. The number of nitrogens with one attached hydrogen (secondary N) is 1. The maximum Gasteiger partial charge on any atom is 0.248 e. The zero-order chi connectivity index (χ0) is 24.0. The zero-order valence-electron chi connectivity index (χ0n) is 19.6. The van der Waals surface area contributed by atoms with Gasteiger partial charge in [0.2, 0.25) is 17.7 Å². The minimum Gasteiger partial charge on any atom is -0.366 e. The fourth-order valence-corrected chi connectivity index (χ4v) is 3.84. The summed E-state index contributed by atoms with van der Waals surface area (Å²) in [5.41, 5.74) is 8.73. The van der Waals surface area contributed by atoms with E-state index in [1.807, 2.05) is 4.90 Å². The van der Waals surface area contributed by atoms with Crippen molar-refractivity contribution in [1.82, 2.24) is 14.7 Å². The van der Waals surface area contributed by atoms with Crippen LogP contribution in [0.4, 0.5) is 5.69 Å². The highest BCUT2D eigenvalue weighted by Gasteiger charge is 2.25. The molecule has 8 heteroatoms. The molecule has 0 saturated carbocycles. The molecule has 2 aromatic rings. The van der Waals surface area contributed by atoms with Crippen molar-refractivity contribution in [3.8, 4) is 0 Å². The first-order valence-electron chi connectivity index (χ1n) is 11.2. The fraction of sp³-hybridized carbons (Fsp3) is 0.400. The second kappa shape index (κ2) is 11.1. The predicted octanol–water partition coefficient (Wildman–Crippen LogP) is 1.70. The highest BCUT2D eigenvalue weighted by atomic mass is 16.2. The third-order valence-corrected chi connectivity index (χ3v) is 6.08. The van der Waals surface area contributed by atoms with E-state index in [0.717, 1.165) is 19.6 Å². The third-order valence-electron chi connectivity index (χ3n) is 6.08. The van der Waals surface area contributed by atoms with E-state index in [2.05, 4.69) is 41.4 Å². The number of hydrogen-bond donors (Lipinski definition) is 2. The first-order chi connectivity index (χ1) is 15.7. The highest BCUT2D eigenvalue weighted by Crippen LogP contribution is 2.13.